The molecule has 1 atom stereocenters. The number of nitrogens with zero attached hydrogens (tertiary/aromatic N) is 3. The topological polar surface area (TPSA) is 89.8 Å². The van der Waals surface area contributed by atoms with Crippen LogP contribution in [0, 0.1) is 18.7 Å². The lowest BCUT2D eigenvalue weighted by molar-refractivity contribution is -0.130. The van der Waals surface area contributed by atoms with E-state index in [0.717, 1.165) is 37.7 Å². The molecule has 2 amide bonds. The summed E-state index contributed by atoms with van der Waals surface area (Å²) in [6.45, 7) is 2.93. The number of hydrogen-bond donors (Lipinski definition) is 1. The van der Waals surface area contributed by atoms with Crippen LogP contribution in [0.2, 0.25) is 0 Å². The van der Waals surface area contributed by atoms with Crippen molar-refractivity contribution in [1.29, 1.82) is 0 Å². The molecule has 1 saturated carbocycles. The fraction of sp³-hybridized carbons (Fsp3) is 0.481. The van der Waals surface area contributed by atoms with Crippen molar-refractivity contribution < 1.29 is 22.4 Å². The third-order valence-electron chi connectivity index (χ3n) is 7.52. The zero-order valence-electron chi connectivity index (χ0n) is 21.0. The number of rotatable bonds is 8. The molecule has 1 N–H and O–H groups in total. The number of aryl methyl sites for hydroxylation is 1. The van der Waals surface area contributed by atoms with Crippen LogP contribution in [0.5, 0.6) is 0 Å². The molecule has 2 saturated heterocycles. The van der Waals surface area contributed by atoms with Gasteiger partial charge in [-0.1, -0.05) is 49.6 Å². The number of carbonyl (C=O) groups is 2. The number of halogens is 1. The van der Waals surface area contributed by atoms with E-state index in [-0.39, 0.29) is 30.7 Å². The number of nitrogens with one attached hydrogen (secondary N) is 1. The van der Waals surface area contributed by atoms with Crippen molar-refractivity contribution in [2.75, 3.05) is 31.1 Å². The van der Waals surface area contributed by atoms with Crippen LogP contribution < -0.4 is 10.2 Å². The Morgan fingerprint density at radius 1 is 1.00 bits per heavy atom. The number of benzene rings is 2. The van der Waals surface area contributed by atoms with E-state index in [2.05, 4.69) is 5.32 Å². The standard InChI is InChI=1S/C27H33FN4O4S/c1-19-8-5-6-13-24(19)25(26(33)29-22-10-3-2-4-11-22)32(23-12-7-9-21(28)16-23)27(34)20-17-31(18-20)37(35,36)30-14-15-30/h5-9,12-13,16,20,22,25H,2-4,10-11,14-15,17-18H2,1H3,(H,29,33). The highest BCUT2D eigenvalue weighted by atomic mass is 32.2. The molecule has 0 radical (unpaired) electrons. The maximum Gasteiger partial charge on any atom is 0.282 e. The lowest BCUT2D eigenvalue weighted by Crippen LogP contribution is -2.59. The van der Waals surface area contributed by atoms with Crippen LogP contribution in [0.1, 0.15) is 49.3 Å². The third-order valence-corrected chi connectivity index (χ3v) is 9.49. The summed E-state index contributed by atoms with van der Waals surface area (Å²) in [4.78, 5) is 29.3. The molecule has 0 bridgehead atoms. The molecule has 2 heterocycles. The molecule has 2 aromatic carbocycles. The van der Waals surface area contributed by atoms with E-state index in [1.807, 2.05) is 31.2 Å². The van der Waals surface area contributed by atoms with E-state index >= 15 is 0 Å². The summed E-state index contributed by atoms with van der Waals surface area (Å²) >= 11 is 0. The van der Waals surface area contributed by atoms with Gasteiger partial charge in [-0.25, -0.2) is 4.39 Å². The summed E-state index contributed by atoms with van der Waals surface area (Å²) in [6, 6.07) is 12.1. The number of carbonyl (C=O) groups excluding carboxylic acids is 2. The molecule has 37 heavy (non-hydrogen) atoms. The largest absolute Gasteiger partial charge is 0.351 e. The van der Waals surface area contributed by atoms with E-state index in [9.17, 15) is 22.4 Å². The van der Waals surface area contributed by atoms with E-state index in [0.29, 0.717) is 18.7 Å². The van der Waals surface area contributed by atoms with Crippen molar-refractivity contribution in [3.63, 3.8) is 0 Å². The van der Waals surface area contributed by atoms with Crippen molar-refractivity contribution in [2.24, 2.45) is 5.92 Å². The molecule has 5 rings (SSSR count). The zero-order valence-corrected chi connectivity index (χ0v) is 21.8. The third kappa shape index (κ3) is 5.42. The van der Waals surface area contributed by atoms with Gasteiger partial charge in [0.05, 0.1) is 5.92 Å². The molecule has 2 aromatic rings. The van der Waals surface area contributed by atoms with Crippen molar-refractivity contribution in [1.82, 2.24) is 13.9 Å². The molecule has 3 aliphatic rings. The molecule has 2 aliphatic heterocycles. The van der Waals surface area contributed by atoms with E-state index in [1.54, 1.807) is 6.07 Å². The van der Waals surface area contributed by atoms with Crippen molar-refractivity contribution in [3.05, 3.63) is 65.5 Å². The van der Waals surface area contributed by atoms with Crippen LogP contribution in [-0.2, 0) is 19.8 Å². The highest BCUT2D eigenvalue weighted by Gasteiger charge is 2.48. The van der Waals surface area contributed by atoms with Gasteiger partial charge in [-0.05, 0) is 49.1 Å². The van der Waals surface area contributed by atoms with Gasteiger partial charge < -0.3 is 5.32 Å². The minimum atomic E-state index is -3.55. The number of amides is 2. The van der Waals surface area contributed by atoms with Gasteiger partial charge in [-0.2, -0.15) is 17.0 Å². The number of hydrogen-bond acceptors (Lipinski definition) is 4. The first-order chi connectivity index (χ1) is 17.8. The lowest BCUT2D eigenvalue weighted by atomic mass is 9.92. The Morgan fingerprint density at radius 2 is 1.70 bits per heavy atom. The predicted molar refractivity (Wildman–Crippen MR) is 138 cm³/mol. The van der Waals surface area contributed by atoms with E-state index in [1.165, 1.54) is 31.7 Å². The van der Waals surface area contributed by atoms with Gasteiger partial charge in [0.2, 0.25) is 11.8 Å². The average Bonchev–Trinajstić information content (AvgIpc) is 3.69. The molecule has 0 aromatic heterocycles. The Hall–Kier alpha value is -2.82. The van der Waals surface area contributed by atoms with Crippen LogP contribution in [0.25, 0.3) is 0 Å². The van der Waals surface area contributed by atoms with Gasteiger partial charge in [0.1, 0.15) is 11.9 Å². The maximum atomic E-state index is 14.4. The SMILES string of the molecule is Cc1ccccc1C(C(=O)NC1CCCCC1)N(C(=O)C1CN(S(=O)(=O)N2CC2)C1)c1cccc(F)c1. The van der Waals surface area contributed by atoms with Crippen LogP contribution in [0.4, 0.5) is 10.1 Å². The molecular weight excluding hydrogens is 495 g/mol. The van der Waals surface area contributed by atoms with Gasteiger partial charge in [0, 0.05) is 37.9 Å². The van der Waals surface area contributed by atoms with Gasteiger partial charge in [0.25, 0.3) is 10.2 Å². The summed E-state index contributed by atoms with van der Waals surface area (Å²) in [5.41, 5.74) is 1.76. The van der Waals surface area contributed by atoms with Crippen LogP contribution in [-0.4, -0.2) is 61.1 Å². The van der Waals surface area contributed by atoms with Crippen LogP contribution in [0.3, 0.4) is 0 Å². The summed E-state index contributed by atoms with van der Waals surface area (Å²) in [5.74, 6) is -1.86. The molecule has 1 aliphatic carbocycles. The Morgan fingerprint density at radius 3 is 2.35 bits per heavy atom. The van der Waals surface area contributed by atoms with Gasteiger partial charge in [-0.3, -0.25) is 14.5 Å². The van der Waals surface area contributed by atoms with Gasteiger partial charge >= 0.3 is 0 Å². The van der Waals surface area contributed by atoms with Gasteiger partial charge in [0.15, 0.2) is 0 Å². The lowest BCUT2D eigenvalue weighted by Gasteiger charge is -2.42. The Labute approximate surface area is 217 Å². The summed E-state index contributed by atoms with van der Waals surface area (Å²) in [7, 11) is -3.55. The van der Waals surface area contributed by atoms with Crippen LogP contribution >= 0.6 is 0 Å². The second-order valence-electron chi connectivity index (χ2n) is 10.2. The molecule has 3 fully saturated rings. The molecule has 1 unspecified atom stereocenters. The molecule has 8 nitrogen and oxygen atoms in total. The maximum absolute atomic E-state index is 14.4. The first-order valence-electron chi connectivity index (χ1n) is 13.0. The molecule has 198 valence electrons. The van der Waals surface area contributed by atoms with E-state index < -0.39 is 33.9 Å². The Bertz CT molecular complexity index is 1270. The fourth-order valence-corrected chi connectivity index (χ4v) is 6.87. The second kappa shape index (κ2) is 10.5. The predicted octanol–water partition coefficient (Wildman–Crippen LogP) is 3.15. The van der Waals surface area contributed by atoms with E-state index in [4.69, 9.17) is 0 Å². The molecule has 10 heteroatoms. The second-order valence-corrected chi connectivity index (χ2v) is 12.1. The minimum Gasteiger partial charge on any atom is -0.351 e. The first kappa shape index (κ1) is 25.8. The van der Waals surface area contributed by atoms with Crippen molar-refractivity contribution in [2.45, 2.75) is 51.1 Å². The average molecular weight is 529 g/mol. The Kier molecular flexibility index (Phi) is 7.33. The number of anilines is 1. The smallest absolute Gasteiger partial charge is 0.282 e. The monoisotopic (exact) mass is 528 g/mol. The highest BCUT2D eigenvalue weighted by Crippen LogP contribution is 2.35. The highest BCUT2D eigenvalue weighted by molar-refractivity contribution is 7.87. The minimum absolute atomic E-state index is 0.0224. The van der Waals surface area contributed by atoms with Crippen LogP contribution in [0.15, 0.2) is 48.5 Å². The van der Waals surface area contributed by atoms with Gasteiger partial charge in [-0.15, -0.1) is 0 Å². The molecular formula is C27H33FN4O4S. The summed E-state index contributed by atoms with van der Waals surface area (Å²) < 4.78 is 42.2. The summed E-state index contributed by atoms with van der Waals surface area (Å²) in [5, 5.41) is 3.16. The quantitative estimate of drug-likeness (QED) is 0.533. The van der Waals surface area contributed by atoms with Crippen molar-refractivity contribution in [3.8, 4) is 0 Å². The fourth-order valence-electron chi connectivity index (χ4n) is 5.26. The summed E-state index contributed by atoms with van der Waals surface area (Å²) in [6.07, 6.45) is 4.98. The zero-order chi connectivity index (χ0) is 26.2. The Balaban J connectivity index is 1.49. The normalized spacial score (nSPS) is 20.2. The first-order valence-corrected chi connectivity index (χ1v) is 14.3. The van der Waals surface area contributed by atoms with Crippen molar-refractivity contribution >= 4 is 27.7 Å². The molecule has 0 spiro atoms.